The van der Waals surface area contributed by atoms with E-state index in [4.69, 9.17) is 4.74 Å². The molecule has 22 heavy (non-hydrogen) atoms. The Morgan fingerprint density at radius 1 is 1.45 bits per heavy atom. The van der Waals surface area contributed by atoms with Crippen molar-refractivity contribution in [2.75, 3.05) is 18.5 Å². The van der Waals surface area contributed by atoms with Gasteiger partial charge in [-0.1, -0.05) is 0 Å². The van der Waals surface area contributed by atoms with Crippen LogP contribution in [0.1, 0.15) is 18.3 Å². The van der Waals surface area contributed by atoms with Crippen LogP contribution in [0.5, 0.6) is 0 Å². The molecule has 1 aliphatic heterocycles. The Morgan fingerprint density at radius 3 is 3.05 bits per heavy atom. The summed E-state index contributed by atoms with van der Waals surface area (Å²) in [4.78, 5) is 8.03. The van der Waals surface area contributed by atoms with E-state index in [1.165, 1.54) is 0 Å². The molecule has 0 aliphatic carbocycles. The van der Waals surface area contributed by atoms with Gasteiger partial charge in [0.15, 0.2) is 5.82 Å². The first kappa shape index (κ1) is 14.8. The van der Waals surface area contributed by atoms with Crippen molar-refractivity contribution < 1.29 is 17.9 Å². The normalized spacial score (nSPS) is 22.1. The molecule has 1 aliphatic rings. The first-order valence-corrected chi connectivity index (χ1v) is 6.81. The molecule has 2 N–H and O–H groups in total. The third-order valence-corrected chi connectivity index (χ3v) is 3.44. The number of H-pyrrole nitrogens is 1. The summed E-state index contributed by atoms with van der Waals surface area (Å²) in [5.74, 6) is 0.522. The molecule has 10 heteroatoms. The second-order valence-electron chi connectivity index (χ2n) is 5.11. The van der Waals surface area contributed by atoms with Crippen LogP contribution in [0.3, 0.4) is 0 Å². The summed E-state index contributed by atoms with van der Waals surface area (Å²) in [5.41, 5.74) is 0. The number of anilines is 1. The second kappa shape index (κ2) is 5.95. The minimum Gasteiger partial charge on any atom is -0.370 e. The highest BCUT2D eigenvalue weighted by atomic mass is 19.4. The molecule has 120 valence electrons. The quantitative estimate of drug-likeness (QED) is 0.878. The van der Waals surface area contributed by atoms with Crippen molar-refractivity contribution in [2.24, 2.45) is 5.92 Å². The van der Waals surface area contributed by atoms with Crippen LogP contribution < -0.4 is 5.32 Å². The molecule has 1 saturated heterocycles. The molecule has 0 spiro atoms. The Morgan fingerprint density at radius 2 is 2.32 bits per heavy atom. The summed E-state index contributed by atoms with van der Waals surface area (Å²) in [7, 11) is 0. The van der Waals surface area contributed by atoms with E-state index < -0.39 is 12.7 Å². The average Bonchev–Trinajstić information content (AvgIpc) is 3.17. The van der Waals surface area contributed by atoms with Crippen molar-refractivity contribution in [1.82, 2.24) is 24.7 Å². The zero-order chi connectivity index (χ0) is 15.6. The SMILES string of the molecule is FC(F)(F)CNc1n[nH]c([C@@H]2OCC[C@@H]2Cn2ccnc2)n1. The number of nitrogens with one attached hydrogen (secondary N) is 2. The maximum atomic E-state index is 12.2. The largest absolute Gasteiger partial charge is 0.405 e. The number of hydrogen-bond acceptors (Lipinski definition) is 5. The Kier molecular flexibility index (Phi) is 4.01. The average molecular weight is 316 g/mol. The fourth-order valence-corrected chi connectivity index (χ4v) is 2.45. The highest BCUT2D eigenvalue weighted by molar-refractivity contribution is 5.23. The van der Waals surface area contributed by atoms with Gasteiger partial charge in [-0.15, -0.1) is 5.10 Å². The molecule has 3 heterocycles. The van der Waals surface area contributed by atoms with Gasteiger partial charge in [0, 0.05) is 31.5 Å². The van der Waals surface area contributed by atoms with Crippen LogP contribution in [0.4, 0.5) is 19.1 Å². The van der Waals surface area contributed by atoms with Crippen LogP contribution in [0, 0.1) is 5.92 Å². The van der Waals surface area contributed by atoms with E-state index in [1.807, 2.05) is 10.8 Å². The van der Waals surface area contributed by atoms with Gasteiger partial charge >= 0.3 is 6.18 Å². The standard InChI is InChI=1S/C12H15F3N6O/c13-12(14,15)6-17-11-18-10(19-20-11)9-8(1-4-22-9)5-21-3-2-16-7-21/h2-3,7-9H,1,4-6H2,(H2,17,18,19,20)/t8-,9-/m1/s1. The van der Waals surface area contributed by atoms with E-state index in [-0.39, 0.29) is 18.0 Å². The van der Waals surface area contributed by atoms with Crippen molar-refractivity contribution in [3.8, 4) is 0 Å². The predicted molar refractivity (Wildman–Crippen MR) is 70.0 cm³/mol. The van der Waals surface area contributed by atoms with Crippen molar-refractivity contribution in [1.29, 1.82) is 0 Å². The van der Waals surface area contributed by atoms with Crippen LogP contribution in [-0.2, 0) is 11.3 Å². The van der Waals surface area contributed by atoms with Crippen LogP contribution >= 0.6 is 0 Å². The van der Waals surface area contributed by atoms with Gasteiger partial charge in [0.25, 0.3) is 0 Å². The summed E-state index contributed by atoms with van der Waals surface area (Å²) in [6.07, 6.45) is 1.48. The Balaban J connectivity index is 1.64. The highest BCUT2D eigenvalue weighted by Crippen LogP contribution is 2.34. The number of aromatic nitrogens is 5. The lowest BCUT2D eigenvalue weighted by Gasteiger charge is -2.16. The van der Waals surface area contributed by atoms with Crippen molar-refractivity contribution in [3.05, 3.63) is 24.5 Å². The minimum absolute atomic E-state index is 0.0794. The molecule has 2 aromatic rings. The number of alkyl halides is 3. The number of hydrogen-bond donors (Lipinski definition) is 2. The van der Waals surface area contributed by atoms with Crippen molar-refractivity contribution in [3.63, 3.8) is 0 Å². The van der Waals surface area contributed by atoms with Gasteiger partial charge in [0.2, 0.25) is 5.95 Å². The first-order chi connectivity index (χ1) is 10.5. The molecule has 0 amide bonds. The molecular formula is C12H15F3N6O. The highest BCUT2D eigenvalue weighted by Gasteiger charge is 2.33. The van der Waals surface area contributed by atoms with Crippen LogP contribution in [-0.4, -0.2) is 44.1 Å². The molecule has 2 aromatic heterocycles. The van der Waals surface area contributed by atoms with E-state index in [0.29, 0.717) is 19.0 Å². The Hall–Kier alpha value is -2.10. The first-order valence-electron chi connectivity index (χ1n) is 6.81. The topological polar surface area (TPSA) is 80.6 Å². The van der Waals surface area contributed by atoms with Gasteiger partial charge in [-0.2, -0.15) is 18.2 Å². The number of halogens is 3. The smallest absolute Gasteiger partial charge is 0.370 e. The number of nitrogens with zero attached hydrogens (tertiary/aromatic N) is 4. The summed E-state index contributed by atoms with van der Waals surface area (Å²) in [5, 5.41) is 8.54. The summed E-state index contributed by atoms with van der Waals surface area (Å²) in [6.45, 7) is 0.112. The van der Waals surface area contributed by atoms with Crippen LogP contribution in [0.2, 0.25) is 0 Å². The van der Waals surface area contributed by atoms with Gasteiger partial charge in [-0.3, -0.25) is 5.10 Å². The summed E-state index contributed by atoms with van der Waals surface area (Å²) < 4.78 is 44.1. The van der Waals surface area contributed by atoms with Gasteiger partial charge in [-0.05, 0) is 6.42 Å². The third kappa shape index (κ3) is 3.56. The zero-order valence-electron chi connectivity index (χ0n) is 11.5. The predicted octanol–water partition coefficient (Wildman–Crippen LogP) is 1.75. The van der Waals surface area contributed by atoms with E-state index in [9.17, 15) is 13.2 Å². The van der Waals surface area contributed by atoms with Gasteiger partial charge < -0.3 is 14.6 Å². The monoisotopic (exact) mass is 316 g/mol. The fourth-order valence-electron chi connectivity index (χ4n) is 2.45. The maximum absolute atomic E-state index is 12.2. The van der Waals surface area contributed by atoms with E-state index in [1.54, 1.807) is 12.5 Å². The lowest BCUT2D eigenvalue weighted by molar-refractivity contribution is -0.115. The van der Waals surface area contributed by atoms with E-state index >= 15 is 0 Å². The molecule has 0 bridgehead atoms. The molecule has 0 radical (unpaired) electrons. The van der Waals surface area contributed by atoms with E-state index in [0.717, 1.165) is 6.42 Å². The molecular weight excluding hydrogens is 301 g/mol. The second-order valence-corrected chi connectivity index (χ2v) is 5.11. The Bertz CT molecular complexity index is 596. The Labute approximate surface area is 123 Å². The van der Waals surface area contributed by atoms with Gasteiger partial charge in [-0.25, -0.2) is 4.98 Å². The number of imidazole rings is 1. The van der Waals surface area contributed by atoms with Crippen LogP contribution in [0.25, 0.3) is 0 Å². The number of rotatable bonds is 5. The molecule has 3 rings (SSSR count). The van der Waals surface area contributed by atoms with Gasteiger partial charge in [0.1, 0.15) is 12.6 Å². The molecule has 0 saturated carbocycles. The molecule has 7 nitrogen and oxygen atoms in total. The van der Waals surface area contributed by atoms with Crippen molar-refractivity contribution in [2.45, 2.75) is 25.2 Å². The third-order valence-electron chi connectivity index (χ3n) is 3.44. The molecule has 0 unspecified atom stereocenters. The van der Waals surface area contributed by atoms with Crippen LogP contribution in [0.15, 0.2) is 18.7 Å². The van der Waals surface area contributed by atoms with Crippen molar-refractivity contribution >= 4 is 5.95 Å². The maximum Gasteiger partial charge on any atom is 0.405 e. The fraction of sp³-hybridized carbons (Fsp3) is 0.583. The zero-order valence-corrected chi connectivity index (χ0v) is 11.5. The lowest BCUT2D eigenvalue weighted by Crippen LogP contribution is -2.22. The molecule has 1 fully saturated rings. The lowest BCUT2D eigenvalue weighted by atomic mass is 10.0. The van der Waals surface area contributed by atoms with Gasteiger partial charge in [0.05, 0.1) is 6.33 Å². The minimum atomic E-state index is -4.31. The molecule has 2 atom stereocenters. The number of aromatic amines is 1. The summed E-state index contributed by atoms with van der Waals surface area (Å²) in [6, 6.07) is 0. The summed E-state index contributed by atoms with van der Waals surface area (Å²) >= 11 is 0. The molecule has 0 aromatic carbocycles. The van der Waals surface area contributed by atoms with E-state index in [2.05, 4.69) is 25.5 Å². The number of ether oxygens (including phenoxy) is 1.